The second-order valence-corrected chi connectivity index (χ2v) is 14.0. The number of hydrogen-bond donors (Lipinski definition) is 0. The van der Waals surface area contributed by atoms with Crippen LogP contribution in [0.4, 0.5) is 0 Å². The van der Waals surface area contributed by atoms with Crippen LogP contribution in [-0.4, -0.2) is 15.0 Å². The lowest BCUT2D eigenvalue weighted by molar-refractivity contribution is 0.669. The highest BCUT2D eigenvalue weighted by atomic mass is 16.3. The van der Waals surface area contributed by atoms with E-state index in [1.54, 1.807) is 0 Å². The minimum absolute atomic E-state index is 0.642. The average Bonchev–Trinajstić information content (AvgIpc) is 3.64. The maximum absolute atomic E-state index is 6.33. The Hall–Kier alpha value is -7.43. The topological polar surface area (TPSA) is 51.8 Å². The number of hydrogen-bond acceptors (Lipinski definition) is 4. The highest BCUT2D eigenvalue weighted by Gasteiger charge is 2.17. The fourth-order valence-electron chi connectivity index (χ4n) is 8.07. The molecule has 0 aliphatic heterocycles. The van der Waals surface area contributed by atoms with Gasteiger partial charge in [0, 0.05) is 27.5 Å². The number of nitrogens with zero attached hydrogens (tertiary/aromatic N) is 3. The Morgan fingerprint density at radius 3 is 1.44 bits per heavy atom. The van der Waals surface area contributed by atoms with Gasteiger partial charge >= 0.3 is 0 Å². The summed E-state index contributed by atoms with van der Waals surface area (Å²) in [5.74, 6) is 1.95. The molecule has 11 rings (SSSR count). The molecule has 0 aliphatic rings. The molecule has 0 saturated heterocycles. The van der Waals surface area contributed by atoms with Crippen molar-refractivity contribution >= 4 is 54.3 Å². The molecule has 0 fully saturated rings. The molecular formula is C51H31N3O. The Kier molecular flexibility index (Phi) is 7.14. The first-order chi connectivity index (χ1) is 27.2. The van der Waals surface area contributed by atoms with Crippen LogP contribution in [0.2, 0.25) is 0 Å². The van der Waals surface area contributed by atoms with Crippen LogP contribution < -0.4 is 0 Å². The Bertz CT molecular complexity index is 3180. The summed E-state index contributed by atoms with van der Waals surface area (Å²) in [4.78, 5) is 14.7. The zero-order valence-corrected chi connectivity index (χ0v) is 29.6. The first-order valence-electron chi connectivity index (χ1n) is 18.5. The first kappa shape index (κ1) is 31.1. The number of rotatable bonds is 5. The van der Waals surface area contributed by atoms with Crippen molar-refractivity contribution in [2.75, 3.05) is 0 Å². The van der Waals surface area contributed by atoms with Crippen LogP contribution >= 0.6 is 0 Å². The van der Waals surface area contributed by atoms with Gasteiger partial charge in [0.2, 0.25) is 0 Å². The average molecular weight is 702 g/mol. The van der Waals surface area contributed by atoms with Gasteiger partial charge in [-0.1, -0.05) is 164 Å². The van der Waals surface area contributed by atoms with E-state index in [2.05, 4.69) is 115 Å². The molecule has 0 amide bonds. The summed E-state index contributed by atoms with van der Waals surface area (Å²) >= 11 is 0. The highest BCUT2D eigenvalue weighted by Crippen LogP contribution is 2.43. The van der Waals surface area contributed by atoms with Crippen LogP contribution in [0.3, 0.4) is 0 Å². The lowest BCUT2D eigenvalue weighted by Crippen LogP contribution is -2.00. The zero-order valence-electron chi connectivity index (χ0n) is 29.6. The fourth-order valence-corrected chi connectivity index (χ4v) is 8.07. The van der Waals surface area contributed by atoms with Crippen molar-refractivity contribution in [3.8, 4) is 56.4 Å². The SMILES string of the molecule is c1ccc(-c2nc(-c3ccccc3)nc(-c3ccc(-c4ccc5c(c4)c4ccccc4c4cccc(-c6ccc7c(c6)oc6ccccc67)c45)cc3)n2)cc1. The summed E-state index contributed by atoms with van der Waals surface area (Å²) in [7, 11) is 0. The van der Waals surface area contributed by atoms with Gasteiger partial charge in [0.15, 0.2) is 17.5 Å². The minimum atomic E-state index is 0.642. The van der Waals surface area contributed by atoms with Gasteiger partial charge in [-0.2, -0.15) is 0 Å². The number of benzene rings is 9. The zero-order chi connectivity index (χ0) is 36.3. The van der Waals surface area contributed by atoms with Gasteiger partial charge in [-0.15, -0.1) is 0 Å². The smallest absolute Gasteiger partial charge is 0.164 e. The normalized spacial score (nSPS) is 11.6. The Balaban J connectivity index is 1.04. The van der Waals surface area contributed by atoms with E-state index in [-0.39, 0.29) is 0 Å². The van der Waals surface area contributed by atoms with Crippen molar-refractivity contribution in [1.29, 1.82) is 0 Å². The van der Waals surface area contributed by atoms with E-state index in [1.807, 2.05) is 72.8 Å². The summed E-state index contributed by atoms with van der Waals surface area (Å²) in [6, 6.07) is 65.9. The van der Waals surface area contributed by atoms with Crippen molar-refractivity contribution in [1.82, 2.24) is 15.0 Å². The minimum Gasteiger partial charge on any atom is -0.456 e. The highest BCUT2D eigenvalue weighted by molar-refractivity contribution is 6.29. The Morgan fingerprint density at radius 1 is 0.273 bits per heavy atom. The molecule has 0 radical (unpaired) electrons. The van der Waals surface area contributed by atoms with Crippen molar-refractivity contribution in [2.24, 2.45) is 0 Å². The molecule has 0 N–H and O–H groups in total. The summed E-state index contributed by atoms with van der Waals surface area (Å²) in [6.45, 7) is 0. The second-order valence-electron chi connectivity index (χ2n) is 14.0. The first-order valence-corrected chi connectivity index (χ1v) is 18.5. The predicted molar refractivity (Wildman–Crippen MR) is 227 cm³/mol. The van der Waals surface area contributed by atoms with E-state index < -0.39 is 0 Å². The van der Waals surface area contributed by atoms with E-state index in [9.17, 15) is 0 Å². The van der Waals surface area contributed by atoms with E-state index in [1.165, 1.54) is 37.9 Å². The molecule has 4 heteroatoms. The molecule has 0 atom stereocenters. The number of para-hydroxylation sites is 1. The van der Waals surface area contributed by atoms with Crippen molar-refractivity contribution in [2.45, 2.75) is 0 Å². The van der Waals surface area contributed by atoms with Crippen LogP contribution in [0.15, 0.2) is 192 Å². The Labute approximate surface area is 317 Å². The molecule has 4 nitrogen and oxygen atoms in total. The molecule has 0 unspecified atom stereocenters. The van der Waals surface area contributed by atoms with Gasteiger partial charge in [-0.25, -0.2) is 15.0 Å². The van der Waals surface area contributed by atoms with Gasteiger partial charge in [-0.05, 0) is 78.8 Å². The van der Waals surface area contributed by atoms with Crippen molar-refractivity contribution < 1.29 is 4.42 Å². The summed E-state index contributed by atoms with van der Waals surface area (Å²) < 4.78 is 6.33. The van der Waals surface area contributed by atoms with Gasteiger partial charge in [0.25, 0.3) is 0 Å². The van der Waals surface area contributed by atoms with Crippen LogP contribution in [-0.2, 0) is 0 Å². The number of aromatic nitrogens is 3. The summed E-state index contributed by atoms with van der Waals surface area (Å²) in [6.07, 6.45) is 0. The lowest BCUT2D eigenvalue weighted by Gasteiger charge is -2.15. The molecule has 11 aromatic rings. The second kappa shape index (κ2) is 12.6. The summed E-state index contributed by atoms with van der Waals surface area (Å²) in [5.41, 5.74) is 9.25. The molecule has 2 heterocycles. The molecule has 9 aromatic carbocycles. The molecule has 0 aliphatic carbocycles. The predicted octanol–water partition coefficient (Wildman–Crippen LogP) is 13.6. The van der Waals surface area contributed by atoms with E-state index in [0.29, 0.717) is 17.5 Å². The quantitative estimate of drug-likeness (QED) is 0.168. The standard InChI is InChI=1S/C51H31N3O/c1-3-12-33(13-4-1)49-52-50(34-14-5-2-6-15-34)54-51(53-49)35-24-22-32(23-25-35)36-26-29-44-45(30-36)40-17-8-7-16-39(40)43-20-11-19-38(48(43)44)37-27-28-42-41-18-9-10-21-46(41)55-47(42)31-37/h1-31H. The third-order valence-electron chi connectivity index (χ3n) is 10.7. The molecule has 2 aromatic heterocycles. The fraction of sp³-hybridized carbons (Fsp3) is 0. The number of furan rings is 1. The van der Waals surface area contributed by atoms with Gasteiger partial charge in [0.05, 0.1) is 0 Å². The lowest BCUT2D eigenvalue weighted by atomic mass is 9.88. The Morgan fingerprint density at radius 2 is 0.745 bits per heavy atom. The summed E-state index contributed by atoms with van der Waals surface area (Å²) in [5, 5.41) is 9.68. The van der Waals surface area contributed by atoms with E-state index in [4.69, 9.17) is 19.4 Å². The van der Waals surface area contributed by atoms with Gasteiger partial charge in [0.1, 0.15) is 11.2 Å². The van der Waals surface area contributed by atoms with Crippen LogP contribution in [0, 0.1) is 0 Å². The molecule has 55 heavy (non-hydrogen) atoms. The van der Waals surface area contributed by atoms with Crippen LogP contribution in [0.1, 0.15) is 0 Å². The maximum Gasteiger partial charge on any atom is 0.164 e. The van der Waals surface area contributed by atoms with Gasteiger partial charge in [-0.3, -0.25) is 0 Å². The van der Waals surface area contributed by atoms with E-state index >= 15 is 0 Å². The third-order valence-corrected chi connectivity index (χ3v) is 10.7. The van der Waals surface area contributed by atoms with Crippen LogP contribution in [0.5, 0.6) is 0 Å². The molecule has 0 spiro atoms. The molecule has 0 saturated carbocycles. The largest absolute Gasteiger partial charge is 0.456 e. The maximum atomic E-state index is 6.33. The van der Waals surface area contributed by atoms with Crippen LogP contribution in [0.25, 0.3) is 111 Å². The monoisotopic (exact) mass is 701 g/mol. The van der Waals surface area contributed by atoms with Gasteiger partial charge < -0.3 is 4.42 Å². The third kappa shape index (κ3) is 5.26. The van der Waals surface area contributed by atoms with E-state index in [0.717, 1.165) is 55.3 Å². The van der Waals surface area contributed by atoms with Crippen molar-refractivity contribution in [3.05, 3.63) is 188 Å². The molecule has 0 bridgehead atoms. The number of fused-ring (bicyclic) bond motifs is 9. The van der Waals surface area contributed by atoms with Crippen molar-refractivity contribution in [3.63, 3.8) is 0 Å². The molecular weight excluding hydrogens is 671 g/mol. The molecule has 256 valence electrons.